The van der Waals surface area contributed by atoms with Crippen molar-refractivity contribution >= 4 is 28.9 Å². The van der Waals surface area contributed by atoms with Crippen LogP contribution in [0.3, 0.4) is 0 Å². The van der Waals surface area contributed by atoms with Gasteiger partial charge in [0.05, 0.1) is 5.69 Å². The molecule has 2 rings (SSSR count). The van der Waals surface area contributed by atoms with Gasteiger partial charge in [-0.1, -0.05) is 17.7 Å². The Morgan fingerprint density at radius 1 is 1.26 bits per heavy atom. The normalized spacial score (nSPS) is 10.1. The molecule has 98 valence electrons. The Morgan fingerprint density at radius 3 is 2.74 bits per heavy atom. The first-order chi connectivity index (χ1) is 9.10. The summed E-state index contributed by atoms with van der Waals surface area (Å²) in [6, 6.07) is 8.54. The highest BCUT2D eigenvalue weighted by Gasteiger charge is 2.09. The smallest absolute Gasteiger partial charge is 0.274 e. The number of hydrogen-bond donors (Lipinski definition) is 3. The number of nitrogens with zero attached hydrogens (tertiary/aromatic N) is 1. The number of aryl methyl sites for hydroxylation is 1. The number of carbonyl (C=O) groups excluding carboxylic acids is 1. The quantitative estimate of drug-likeness (QED) is 0.595. The van der Waals surface area contributed by atoms with Crippen LogP contribution in [0.4, 0.5) is 11.4 Å². The molecule has 0 atom stereocenters. The summed E-state index contributed by atoms with van der Waals surface area (Å²) in [5.41, 5.74) is 4.92. The van der Waals surface area contributed by atoms with E-state index in [0.717, 1.165) is 5.56 Å². The Kier molecular flexibility index (Phi) is 3.99. The van der Waals surface area contributed by atoms with Crippen molar-refractivity contribution in [2.45, 2.75) is 6.92 Å². The van der Waals surface area contributed by atoms with Gasteiger partial charge in [0.15, 0.2) is 0 Å². The summed E-state index contributed by atoms with van der Waals surface area (Å²) in [4.78, 5) is 16.0. The van der Waals surface area contributed by atoms with Crippen molar-refractivity contribution in [2.24, 2.45) is 5.84 Å². The minimum absolute atomic E-state index is 0.271. The van der Waals surface area contributed by atoms with Crippen LogP contribution < -0.4 is 16.6 Å². The summed E-state index contributed by atoms with van der Waals surface area (Å²) in [6.45, 7) is 1.89. The highest BCUT2D eigenvalue weighted by Crippen LogP contribution is 2.20. The van der Waals surface area contributed by atoms with Crippen LogP contribution in [-0.2, 0) is 0 Å². The lowest BCUT2D eigenvalue weighted by Gasteiger charge is -2.07. The molecule has 0 bridgehead atoms. The first-order valence-corrected chi connectivity index (χ1v) is 5.98. The standard InChI is InChI=1S/C13H13ClN4O/c1-8-2-3-9(6-11(8)14)17-13(19)12-7-10(18-15)4-5-16-12/h2-7H,15H2,1H3,(H,16,18)(H,17,19). The van der Waals surface area contributed by atoms with E-state index in [0.29, 0.717) is 16.4 Å². The number of hydrazine groups is 1. The molecule has 1 aromatic heterocycles. The fraction of sp³-hybridized carbons (Fsp3) is 0.0769. The van der Waals surface area contributed by atoms with Gasteiger partial charge in [-0.3, -0.25) is 15.6 Å². The number of anilines is 2. The Morgan fingerprint density at radius 2 is 2.05 bits per heavy atom. The van der Waals surface area contributed by atoms with Crippen LogP contribution in [0.5, 0.6) is 0 Å². The second-order valence-electron chi connectivity index (χ2n) is 3.99. The molecule has 19 heavy (non-hydrogen) atoms. The number of aromatic nitrogens is 1. The number of pyridine rings is 1. The summed E-state index contributed by atoms with van der Waals surface area (Å²) in [5.74, 6) is 4.96. The molecule has 2 aromatic rings. The fourth-order valence-electron chi connectivity index (χ4n) is 1.51. The van der Waals surface area contributed by atoms with Crippen LogP contribution in [0, 0.1) is 6.92 Å². The summed E-state index contributed by atoms with van der Waals surface area (Å²) >= 11 is 6.00. The second kappa shape index (κ2) is 5.69. The molecule has 1 heterocycles. The number of amides is 1. The van der Waals surface area contributed by atoms with Gasteiger partial charge in [-0.15, -0.1) is 0 Å². The van der Waals surface area contributed by atoms with Gasteiger partial charge in [-0.2, -0.15) is 0 Å². The lowest BCUT2D eigenvalue weighted by molar-refractivity contribution is 0.102. The van der Waals surface area contributed by atoms with Gasteiger partial charge >= 0.3 is 0 Å². The zero-order valence-electron chi connectivity index (χ0n) is 10.3. The molecule has 0 aliphatic carbocycles. The van der Waals surface area contributed by atoms with Gasteiger partial charge in [-0.25, -0.2) is 0 Å². The number of carbonyl (C=O) groups is 1. The van der Waals surface area contributed by atoms with Crippen molar-refractivity contribution in [3.63, 3.8) is 0 Å². The zero-order valence-corrected chi connectivity index (χ0v) is 11.0. The van der Waals surface area contributed by atoms with Crippen LogP contribution in [0.1, 0.15) is 16.1 Å². The van der Waals surface area contributed by atoms with E-state index in [-0.39, 0.29) is 11.6 Å². The third-order valence-electron chi connectivity index (χ3n) is 2.59. The van der Waals surface area contributed by atoms with Crippen molar-refractivity contribution in [1.82, 2.24) is 4.98 Å². The molecule has 0 unspecified atom stereocenters. The molecule has 1 amide bonds. The summed E-state index contributed by atoms with van der Waals surface area (Å²) in [5, 5.41) is 3.32. The van der Waals surface area contributed by atoms with Crippen LogP contribution in [0.15, 0.2) is 36.5 Å². The predicted molar refractivity (Wildman–Crippen MR) is 76.2 cm³/mol. The van der Waals surface area contributed by atoms with Gasteiger partial charge in [0.1, 0.15) is 5.69 Å². The molecule has 0 aliphatic heterocycles. The fourth-order valence-corrected chi connectivity index (χ4v) is 1.69. The SMILES string of the molecule is Cc1ccc(NC(=O)c2cc(NN)ccn2)cc1Cl. The minimum atomic E-state index is -0.322. The van der Waals surface area contributed by atoms with E-state index in [1.165, 1.54) is 6.20 Å². The number of halogens is 1. The zero-order chi connectivity index (χ0) is 13.8. The van der Waals surface area contributed by atoms with Crippen molar-refractivity contribution in [3.8, 4) is 0 Å². The van der Waals surface area contributed by atoms with Crippen LogP contribution in [0.2, 0.25) is 5.02 Å². The maximum Gasteiger partial charge on any atom is 0.274 e. The topological polar surface area (TPSA) is 80.0 Å². The molecule has 0 radical (unpaired) electrons. The van der Waals surface area contributed by atoms with Crippen molar-refractivity contribution in [2.75, 3.05) is 10.7 Å². The lowest BCUT2D eigenvalue weighted by atomic mass is 10.2. The first kappa shape index (κ1) is 13.3. The Bertz CT molecular complexity index is 615. The molecule has 1 aromatic carbocycles. The van der Waals surface area contributed by atoms with Crippen LogP contribution >= 0.6 is 11.6 Å². The number of rotatable bonds is 3. The van der Waals surface area contributed by atoms with Gasteiger partial charge in [0.25, 0.3) is 5.91 Å². The highest BCUT2D eigenvalue weighted by molar-refractivity contribution is 6.31. The molecule has 0 saturated carbocycles. The molecular formula is C13H13ClN4O. The molecular weight excluding hydrogens is 264 g/mol. The van der Waals surface area contributed by atoms with E-state index in [4.69, 9.17) is 17.4 Å². The maximum atomic E-state index is 12.0. The summed E-state index contributed by atoms with van der Waals surface area (Å²) < 4.78 is 0. The largest absolute Gasteiger partial charge is 0.324 e. The lowest BCUT2D eigenvalue weighted by Crippen LogP contribution is -2.15. The highest BCUT2D eigenvalue weighted by atomic mass is 35.5. The number of hydrogen-bond acceptors (Lipinski definition) is 4. The summed E-state index contributed by atoms with van der Waals surface area (Å²) in [7, 11) is 0. The molecule has 0 fully saturated rings. The predicted octanol–water partition coefficient (Wildman–Crippen LogP) is 2.58. The average molecular weight is 277 g/mol. The van der Waals surface area contributed by atoms with E-state index in [2.05, 4.69) is 15.7 Å². The Hall–Kier alpha value is -2.11. The molecule has 6 heteroatoms. The molecule has 5 nitrogen and oxygen atoms in total. The van der Waals surface area contributed by atoms with E-state index >= 15 is 0 Å². The average Bonchev–Trinajstić information content (AvgIpc) is 2.43. The maximum absolute atomic E-state index is 12.0. The van der Waals surface area contributed by atoms with Crippen molar-refractivity contribution < 1.29 is 4.79 Å². The van der Waals surface area contributed by atoms with Gasteiger partial charge in [0.2, 0.25) is 0 Å². The minimum Gasteiger partial charge on any atom is -0.324 e. The molecule has 0 aliphatic rings. The van der Waals surface area contributed by atoms with Gasteiger partial charge in [-0.05, 0) is 36.8 Å². The van der Waals surface area contributed by atoms with E-state index in [9.17, 15) is 4.79 Å². The number of benzene rings is 1. The monoisotopic (exact) mass is 276 g/mol. The number of nitrogens with two attached hydrogens (primary N) is 1. The van der Waals surface area contributed by atoms with E-state index in [1.54, 1.807) is 24.3 Å². The molecule has 0 spiro atoms. The Balaban J connectivity index is 2.18. The number of nitrogen functional groups attached to an aromatic ring is 1. The molecule has 0 saturated heterocycles. The van der Waals surface area contributed by atoms with E-state index in [1.807, 2.05) is 13.0 Å². The van der Waals surface area contributed by atoms with Crippen LogP contribution in [0.25, 0.3) is 0 Å². The van der Waals surface area contributed by atoms with Crippen molar-refractivity contribution in [3.05, 3.63) is 52.8 Å². The van der Waals surface area contributed by atoms with Crippen molar-refractivity contribution in [1.29, 1.82) is 0 Å². The Labute approximate surface area is 115 Å². The van der Waals surface area contributed by atoms with E-state index < -0.39 is 0 Å². The van der Waals surface area contributed by atoms with Gasteiger partial charge < -0.3 is 10.7 Å². The summed E-state index contributed by atoms with van der Waals surface area (Å²) in [6.07, 6.45) is 1.51. The van der Waals surface area contributed by atoms with Gasteiger partial charge in [0, 0.05) is 16.9 Å². The third-order valence-corrected chi connectivity index (χ3v) is 3.00. The first-order valence-electron chi connectivity index (χ1n) is 5.60. The molecule has 4 N–H and O–H groups in total. The number of nitrogens with one attached hydrogen (secondary N) is 2. The second-order valence-corrected chi connectivity index (χ2v) is 4.40. The third kappa shape index (κ3) is 3.21. The van der Waals surface area contributed by atoms with Crippen LogP contribution in [-0.4, -0.2) is 10.9 Å².